The van der Waals surface area contributed by atoms with Crippen LogP contribution in [-0.4, -0.2) is 24.5 Å². The maximum Gasteiger partial charge on any atom is 0.163 e. The molecule has 86 valence electrons. The van der Waals surface area contributed by atoms with Gasteiger partial charge in [-0.05, 0) is 6.42 Å². The summed E-state index contributed by atoms with van der Waals surface area (Å²) >= 11 is 0. The summed E-state index contributed by atoms with van der Waals surface area (Å²) in [6.45, 7) is 2.11. The first-order valence-electron chi connectivity index (χ1n) is 5.31. The minimum atomic E-state index is 0.610. The van der Waals surface area contributed by atoms with Crippen molar-refractivity contribution in [1.82, 2.24) is 24.5 Å². The zero-order valence-corrected chi connectivity index (χ0v) is 9.80. The van der Waals surface area contributed by atoms with Crippen molar-refractivity contribution in [2.75, 3.05) is 5.73 Å². The van der Waals surface area contributed by atoms with E-state index in [1.807, 2.05) is 14.1 Å². The Labute approximate surface area is 94.1 Å². The molecule has 0 atom stereocenters. The van der Waals surface area contributed by atoms with Crippen LogP contribution in [0.1, 0.15) is 19.2 Å². The molecule has 0 amide bonds. The Morgan fingerprint density at radius 2 is 2.06 bits per heavy atom. The van der Waals surface area contributed by atoms with Crippen molar-refractivity contribution < 1.29 is 0 Å². The van der Waals surface area contributed by atoms with E-state index in [0.29, 0.717) is 5.82 Å². The third kappa shape index (κ3) is 1.66. The summed E-state index contributed by atoms with van der Waals surface area (Å²) < 4.78 is 3.38. The minimum Gasteiger partial charge on any atom is -0.383 e. The Morgan fingerprint density at radius 3 is 2.62 bits per heavy atom. The first-order valence-corrected chi connectivity index (χ1v) is 5.31. The van der Waals surface area contributed by atoms with Crippen molar-refractivity contribution in [3.8, 4) is 11.4 Å². The van der Waals surface area contributed by atoms with Crippen molar-refractivity contribution in [3.05, 3.63) is 12.0 Å². The number of nitrogens with two attached hydrogens (primary N) is 1. The van der Waals surface area contributed by atoms with Crippen LogP contribution in [-0.2, 0) is 20.5 Å². The first-order chi connectivity index (χ1) is 7.63. The topological polar surface area (TPSA) is 74.6 Å². The normalized spacial score (nSPS) is 10.9. The molecule has 0 unspecified atom stereocenters. The fourth-order valence-electron chi connectivity index (χ4n) is 1.62. The Bertz CT molecular complexity index is 495. The number of aryl methyl sites for hydroxylation is 3. The molecule has 6 heteroatoms. The van der Waals surface area contributed by atoms with E-state index in [1.165, 1.54) is 0 Å². The number of rotatable bonds is 3. The standard InChI is InChI=1S/C10H16N6/c1-4-5-8-13-10(16(3)14-8)7-6-12-15(2)9(7)11/h6H,4-5,11H2,1-3H3. The van der Waals surface area contributed by atoms with Gasteiger partial charge in [-0.2, -0.15) is 10.2 Å². The highest BCUT2D eigenvalue weighted by Crippen LogP contribution is 2.22. The highest BCUT2D eigenvalue weighted by molar-refractivity contribution is 5.67. The average Bonchev–Trinajstić information content (AvgIpc) is 2.74. The second-order valence-corrected chi connectivity index (χ2v) is 3.79. The lowest BCUT2D eigenvalue weighted by molar-refractivity contribution is 0.737. The number of nitrogen functional groups attached to an aromatic ring is 1. The number of hydrogen-bond acceptors (Lipinski definition) is 4. The summed E-state index contributed by atoms with van der Waals surface area (Å²) in [7, 11) is 3.68. The Hall–Kier alpha value is -1.85. The molecule has 0 aliphatic heterocycles. The zero-order valence-electron chi connectivity index (χ0n) is 9.80. The molecule has 0 fully saturated rings. The van der Waals surface area contributed by atoms with Crippen molar-refractivity contribution in [2.24, 2.45) is 14.1 Å². The third-order valence-electron chi connectivity index (χ3n) is 2.51. The Balaban J connectivity index is 2.44. The molecule has 0 spiro atoms. The van der Waals surface area contributed by atoms with Crippen LogP contribution in [0.2, 0.25) is 0 Å². The van der Waals surface area contributed by atoms with Gasteiger partial charge in [-0.3, -0.25) is 4.68 Å². The molecule has 2 aromatic heterocycles. The minimum absolute atomic E-state index is 0.610. The van der Waals surface area contributed by atoms with E-state index in [9.17, 15) is 0 Å². The maximum absolute atomic E-state index is 5.91. The largest absolute Gasteiger partial charge is 0.383 e. The fourth-order valence-corrected chi connectivity index (χ4v) is 1.62. The van der Waals surface area contributed by atoms with Gasteiger partial charge in [-0.1, -0.05) is 6.92 Å². The molecule has 0 aliphatic rings. The molecule has 2 heterocycles. The summed E-state index contributed by atoms with van der Waals surface area (Å²) in [5.41, 5.74) is 6.74. The summed E-state index contributed by atoms with van der Waals surface area (Å²) in [6, 6.07) is 0. The SMILES string of the molecule is CCCc1nc(-c2cnn(C)c2N)n(C)n1. The second kappa shape index (κ2) is 3.96. The van der Waals surface area contributed by atoms with Gasteiger partial charge in [0.2, 0.25) is 0 Å². The summed E-state index contributed by atoms with van der Waals surface area (Å²) in [5, 5.41) is 8.44. The molecule has 0 aliphatic carbocycles. The molecule has 6 nitrogen and oxygen atoms in total. The molecule has 2 rings (SSSR count). The van der Waals surface area contributed by atoms with Gasteiger partial charge in [0.25, 0.3) is 0 Å². The fraction of sp³-hybridized carbons (Fsp3) is 0.500. The number of hydrogen-bond donors (Lipinski definition) is 1. The lowest BCUT2D eigenvalue weighted by atomic mass is 10.3. The maximum atomic E-state index is 5.91. The van der Waals surface area contributed by atoms with Crippen LogP contribution in [0.3, 0.4) is 0 Å². The molecular formula is C10H16N6. The van der Waals surface area contributed by atoms with Crippen LogP contribution in [0.15, 0.2) is 6.20 Å². The van der Waals surface area contributed by atoms with Gasteiger partial charge in [0, 0.05) is 20.5 Å². The molecule has 2 N–H and O–H groups in total. The van der Waals surface area contributed by atoms with Gasteiger partial charge in [-0.25, -0.2) is 9.67 Å². The molecule has 0 aromatic carbocycles. The van der Waals surface area contributed by atoms with E-state index in [2.05, 4.69) is 22.1 Å². The van der Waals surface area contributed by atoms with Crippen LogP contribution in [0.5, 0.6) is 0 Å². The van der Waals surface area contributed by atoms with Gasteiger partial charge >= 0.3 is 0 Å². The molecule has 2 aromatic rings. The van der Waals surface area contributed by atoms with Crippen LogP contribution >= 0.6 is 0 Å². The van der Waals surface area contributed by atoms with E-state index in [1.54, 1.807) is 15.6 Å². The molecule has 16 heavy (non-hydrogen) atoms. The van der Waals surface area contributed by atoms with Gasteiger partial charge in [-0.15, -0.1) is 0 Å². The lowest BCUT2D eigenvalue weighted by Crippen LogP contribution is -2.00. The zero-order chi connectivity index (χ0) is 11.7. The summed E-state index contributed by atoms with van der Waals surface area (Å²) in [6.07, 6.45) is 3.63. The summed E-state index contributed by atoms with van der Waals surface area (Å²) in [5.74, 6) is 2.23. The Morgan fingerprint density at radius 1 is 1.31 bits per heavy atom. The van der Waals surface area contributed by atoms with Gasteiger partial charge in [0.15, 0.2) is 11.6 Å². The molecule has 0 saturated heterocycles. The quantitative estimate of drug-likeness (QED) is 0.828. The predicted molar refractivity (Wildman–Crippen MR) is 61.6 cm³/mol. The van der Waals surface area contributed by atoms with Crippen molar-refractivity contribution in [2.45, 2.75) is 19.8 Å². The van der Waals surface area contributed by atoms with Gasteiger partial charge in [0.05, 0.1) is 11.8 Å². The van der Waals surface area contributed by atoms with Crippen molar-refractivity contribution in [1.29, 1.82) is 0 Å². The Kier molecular flexibility index (Phi) is 2.64. The number of nitrogens with zero attached hydrogens (tertiary/aromatic N) is 5. The molecule has 0 radical (unpaired) electrons. The van der Waals surface area contributed by atoms with Crippen LogP contribution in [0, 0.1) is 0 Å². The lowest BCUT2D eigenvalue weighted by Gasteiger charge is -1.98. The predicted octanol–water partition coefficient (Wildman–Crippen LogP) is 0.750. The monoisotopic (exact) mass is 220 g/mol. The molecule has 0 bridgehead atoms. The first kappa shape index (κ1) is 10.7. The van der Waals surface area contributed by atoms with E-state index in [-0.39, 0.29) is 0 Å². The van der Waals surface area contributed by atoms with Crippen LogP contribution in [0.25, 0.3) is 11.4 Å². The second-order valence-electron chi connectivity index (χ2n) is 3.79. The third-order valence-corrected chi connectivity index (χ3v) is 2.51. The van der Waals surface area contributed by atoms with E-state index < -0.39 is 0 Å². The van der Waals surface area contributed by atoms with E-state index in [4.69, 9.17) is 5.73 Å². The smallest absolute Gasteiger partial charge is 0.163 e. The van der Waals surface area contributed by atoms with Crippen molar-refractivity contribution in [3.63, 3.8) is 0 Å². The summed E-state index contributed by atoms with van der Waals surface area (Å²) in [4.78, 5) is 4.46. The van der Waals surface area contributed by atoms with Gasteiger partial charge < -0.3 is 5.73 Å². The van der Waals surface area contributed by atoms with E-state index >= 15 is 0 Å². The number of aromatic nitrogens is 5. The van der Waals surface area contributed by atoms with E-state index in [0.717, 1.165) is 30.1 Å². The highest BCUT2D eigenvalue weighted by Gasteiger charge is 2.14. The number of anilines is 1. The molecule has 0 saturated carbocycles. The van der Waals surface area contributed by atoms with Gasteiger partial charge in [0.1, 0.15) is 5.82 Å². The highest BCUT2D eigenvalue weighted by atomic mass is 15.3. The van der Waals surface area contributed by atoms with Crippen LogP contribution in [0.4, 0.5) is 5.82 Å². The molecular weight excluding hydrogens is 204 g/mol. The van der Waals surface area contributed by atoms with Crippen molar-refractivity contribution >= 4 is 5.82 Å². The van der Waals surface area contributed by atoms with Crippen LogP contribution < -0.4 is 5.73 Å². The average molecular weight is 220 g/mol.